The van der Waals surface area contributed by atoms with Gasteiger partial charge >= 0.3 is 0 Å². The Morgan fingerprint density at radius 2 is 1.37 bits per heavy atom. The standard InChI is InChI=1S/C17H20IN/c1-13-2-4-14(5-3-13)10-16(12-19)11-15-6-8-17(18)9-7-15/h2-9,16H,10-12,19H2,1H3. The van der Waals surface area contributed by atoms with Gasteiger partial charge in [-0.15, -0.1) is 0 Å². The molecule has 0 saturated heterocycles. The van der Waals surface area contributed by atoms with Crippen LogP contribution in [0.1, 0.15) is 16.7 Å². The molecule has 19 heavy (non-hydrogen) atoms. The van der Waals surface area contributed by atoms with Gasteiger partial charge in [-0.25, -0.2) is 0 Å². The minimum absolute atomic E-state index is 0.516. The van der Waals surface area contributed by atoms with Crippen molar-refractivity contribution >= 4 is 22.6 Å². The van der Waals surface area contributed by atoms with Crippen LogP contribution in [0.2, 0.25) is 0 Å². The van der Waals surface area contributed by atoms with E-state index in [-0.39, 0.29) is 0 Å². The van der Waals surface area contributed by atoms with Crippen LogP contribution >= 0.6 is 22.6 Å². The zero-order valence-corrected chi connectivity index (χ0v) is 13.4. The second-order valence-corrected chi connectivity index (χ2v) is 6.37. The molecule has 2 rings (SSSR count). The molecule has 2 aromatic rings. The van der Waals surface area contributed by atoms with Gasteiger partial charge in [-0.2, -0.15) is 0 Å². The fourth-order valence-corrected chi connectivity index (χ4v) is 2.61. The number of nitrogens with two attached hydrogens (primary N) is 1. The first-order chi connectivity index (χ1) is 9.17. The average Bonchev–Trinajstić information content (AvgIpc) is 2.43. The van der Waals surface area contributed by atoms with Crippen LogP contribution in [-0.4, -0.2) is 6.54 Å². The third-order valence-electron chi connectivity index (χ3n) is 3.42. The highest BCUT2D eigenvalue weighted by Gasteiger charge is 2.09. The van der Waals surface area contributed by atoms with E-state index in [4.69, 9.17) is 5.73 Å². The van der Waals surface area contributed by atoms with Crippen molar-refractivity contribution in [2.75, 3.05) is 6.54 Å². The highest BCUT2D eigenvalue weighted by Crippen LogP contribution is 2.16. The van der Waals surface area contributed by atoms with E-state index in [2.05, 4.69) is 78.0 Å². The SMILES string of the molecule is Cc1ccc(CC(CN)Cc2ccc(I)cc2)cc1. The molecule has 0 amide bonds. The summed E-state index contributed by atoms with van der Waals surface area (Å²) in [6.07, 6.45) is 2.12. The molecule has 0 aromatic heterocycles. The van der Waals surface area contributed by atoms with Crippen molar-refractivity contribution in [1.29, 1.82) is 0 Å². The molecule has 0 fully saturated rings. The molecule has 0 aliphatic rings. The maximum absolute atomic E-state index is 5.93. The fraction of sp³-hybridized carbons (Fsp3) is 0.294. The molecular weight excluding hydrogens is 345 g/mol. The lowest BCUT2D eigenvalue weighted by atomic mass is 9.92. The summed E-state index contributed by atoms with van der Waals surface area (Å²) in [7, 11) is 0. The van der Waals surface area contributed by atoms with E-state index in [1.165, 1.54) is 20.3 Å². The number of benzene rings is 2. The van der Waals surface area contributed by atoms with Crippen LogP contribution in [0.5, 0.6) is 0 Å². The smallest absolute Gasteiger partial charge is 0.0130 e. The summed E-state index contributed by atoms with van der Waals surface area (Å²) in [5.74, 6) is 0.516. The van der Waals surface area contributed by atoms with E-state index in [9.17, 15) is 0 Å². The number of halogens is 1. The van der Waals surface area contributed by atoms with Gasteiger partial charge in [0.2, 0.25) is 0 Å². The van der Waals surface area contributed by atoms with Crippen molar-refractivity contribution < 1.29 is 0 Å². The van der Waals surface area contributed by atoms with Gasteiger partial charge in [0.05, 0.1) is 0 Å². The molecule has 1 atom stereocenters. The Bertz CT molecular complexity index is 454. The number of rotatable bonds is 5. The normalized spacial score (nSPS) is 12.4. The van der Waals surface area contributed by atoms with Gasteiger partial charge in [0, 0.05) is 3.57 Å². The number of hydrogen-bond donors (Lipinski definition) is 1. The summed E-state index contributed by atoms with van der Waals surface area (Å²) in [5, 5.41) is 0. The van der Waals surface area contributed by atoms with Crippen LogP contribution in [0, 0.1) is 16.4 Å². The summed E-state index contributed by atoms with van der Waals surface area (Å²) in [6, 6.07) is 17.5. The Morgan fingerprint density at radius 3 is 1.84 bits per heavy atom. The largest absolute Gasteiger partial charge is 0.330 e. The van der Waals surface area contributed by atoms with Crippen LogP contribution in [-0.2, 0) is 12.8 Å². The van der Waals surface area contributed by atoms with Crippen LogP contribution < -0.4 is 5.73 Å². The van der Waals surface area contributed by atoms with Crippen molar-refractivity contribution in [2.24, 2.45) is 11.7 Å². The number of aryl methyl sites for hydroxylation is 1. The Labute approximate surface area is 129 Å². The second-order valence-electron chi connectivity index (χ2n) is 5.12. The first-order valence-corrected chi connectivity index (χ1v) is 7.75. The second kappa shape index (κ2) is 7.06. The summed E-state index contributed by atoms with van der Waals surface area (Å²) >= 11 is 2.34. The molecule has 0 aliphatic carbocycles. The Kier molecular flexibility index (Phi) is 5.40. The van der Waals surface area contributed by atoms with Gasteiger partial charge in [-0.3, -0.25) is 0 Å². The quantitative estimate of drug-likeness (QED) is 0.798. The number of hydrogen-bond acceptors (Lipinski definition) is 1. The lowest BCUT2D eigenvalue weighted by Gasteiger charge is -2.15. The molecule has 0 radical (unpaired) electrons. The first kappa shape index (κ1) is 14.5. The molecule has 0 spiro atoms. The van der Waals surface area contributed by atoms with E-state index in [1.54, 1.807) is 0 Å². The predicted molar refractivity (Wildman–Crippen MR) is 90.3 cm³/mol. The highest BCUT2D eigenvalue weighted by atomic mass is 127. The van der Waals surface area contributed by atoms with Gasteiger partial charge in [-0.1, -0.05) is 42.0 Å². The van der Waals surface area contributed by atoms with Crippen LogP contribution in [0.3, 0.4) is 0 Å². The average molecular weight is 365 g/mol. The van der Waals surface area contributed by atoms with Crippen molar-refractivity contribution in [3.63, 3.8) is 0 Å². The topological polar surface area (TPSA) is 26.0 Å². The molecule has 2 aromatic carbocycles. The fourth-order valence-electron chi connectivity index (χ4n) is 2.25. The minimum Gasteiger partial charge on any atom is -0.330 e. The summed E-state index contributed by atoms with van der Waals surface area (Å²) in [5.41, 5.74) is 10.00. The van der Waals surface area contributed by atoms with Crippen LogP contribution in [0.25, 0.3) is 0 Å². The molecule has 0 heterocycles. The van der Waals surface area contributed by atoms with Gasteiger partial charge < -0.3 is 5.73 Å². The molecule has 2 N–H and O–H groups in total. The third-order valence-corrected chi connectivity index (χ3v) is 4.14. The monoisotopic (exact) mass is 365 g/mol. The van der Waals surface area contributed by atoms with E-state index in [0.717, 1.165) is 19.4 Å². The molecule has 1 unspecified atom stereocenters. The predicted octanol–water partition coefficient (Wildman–Crippen LogP) is 3.96. The molecular formula is C17H20IN. The van der Waals surface area contributed by atoms with E-state index < -0.39 is 0 Å². The minimum atomic E-state index is 0.516. The zero-order valence-electron chi connectivity index (χ0n) is 11.3. The van der Waals surface area contributed by atoms with Crippen molar-refractivity contribution in [3.8, 4) is 0 Å². The zero-order chi connectivity index (χ0) is 13.7. The Morgan fingerprint density at radius 1 is 0.895 bits per heavy atom. The molecule has 0 aliphatic heterocycles. The van der Waals surface area contributed by atoms with Crippen molar-refractivity contribution in [1.82, 2.24) is 0 Å². The maximum atomic E-state index is 5.93. The van der Waals surface area contributed by atoms with E-state index in [0.29, 0.717) is 5.92 Å². The van der Waals surface area contributed by atoms with Crippen LogP contribution in [0.15, 0.2) is 48.5 Å². The Hall–Kier alpha value is -0.870. The van der Waals surface area contributed by atoms with E-state index >= 15 is 0 Å². The lowest BCUT2D eigenvalue weighted by Crippen LogP contribution is -2.19. The Balaban J connectivity index is 2.00. The van der Waals surface area contributed by atoms with Crippen molar-refractivity contribution in [3.05, 3.63) is 68.8 Å². The summed E-state index contributed by atoms with van der Waals surface area (Å²) in [4.78, 5) is 0. The molecule has 2 heteroatoms. The maximum Gasteiger partial charge on any atom is 0.0130 e. The van der Waals surface area contributed by atoms with Gasteiger partial charge in [0.1, 0.15) is 0 Å². The van der Waals surface area contributed by atoms with Gasteiger partial charge in [-0.05, 0) is 78.1 Å². The summed E-state index contributed by atoms with van der Waals surface area (Å²) < 4.78 is 1.28. The van der Waals surface area contributed by atoms with Gasteiger partial charge in [0.25, 0.3) is 0 Å². The van der Waals surface area contributed by atoms with Crippen molar-refractivity contribution in [2.45, 2.75) is 19.8 Å². The lowest BCUT2D eigenvalue weighted by molar-refractivity contribution is 0.533. The molecule has 100 valence electrons. The van der Waals surface area contributed by atoms with Gasteiger partial charge in [0.15, 0.2) is 0 Å². The molecule has 1 nitrogen and oxygen atoms in total. The molecule has 0 saturated carbocycles. The molecule has 0 bridgehead atoms. The summed E-state index contributed by atoms with van der Waals surface area (Å²) in [6.45, 7) is 2.86. The van der Waals surface area contributed by atoms with E-state index in [1.807, 2.05) is 0 Å². The van der Waals surface area contributed by atoms with Crippen LogP contribution in [0.4, 0.5) is 0 Å². The first-order valence-electron chi connectivity index (χ1n) is 6.67. The highest BCUT2D eigenvalue weighted by molar-refractivity contribution is 14.1. The third kappa shape index (κ3) is 4.62.